The standard InChI is InChI=1S/C12H18N4O4S/c1-15(2)21(19,20)10-5-6-11(12(9-10)16(17)18)14-8-4-3-7-13/h3-6,9,14H,7-8,13H2,1-2H3/b4-3+. The van der Waals surface area contributed by atoms with Crippen molar-refractivity contribution in [1.82, 2.24) is 4.31 Å². The maximum absolute atomic E-state index is 12.0. The van der Waals surface area contributed by atoms with E-state index in [0.29, 0.717) is 13.1 Å². The van der Waals surface area contributed by atoms with Crippen LogP contribution in [-0.2, 0) is 10.0 Å². The molecule has 1 aromatic rings. The van der Waals surface area contributed by atoms with Gasteiger partial charge in [-0.3, -0.25) is 10.1 Å². The first-order chi connectivity index (χ1) is 9.80. The van der Waals surface area contributed by atoms with Crippen molar-refractivity contribution < 1.29 is 13.3 Å². The van der Waals surface area contributed by atoms with E-state index in [0.717, 1.165) is 10.4 Å². The molecule has 3 N–H and O–H groups in total. The third-order valence-electron chi connectivity index (χ3n) is 2.66. The minimum atomic E-state index is -3.71. The number of hydrogen-bond acceptors (Lipinski definition) is 6. The molecule has 1 aromatic carbocycles. The fraction of sp³-hybridized carbons (Fsp3) is 0.333. The number of nitrogens with two attached hydrogens (primary N) is 1. The average molecular weight is 314 g/mol. The number of nitro groups is 1. The van der Waals surface area contributed by atoms with Crippen molar-refractivity contribution in [3.8, 4) is 0 Å². The van der Waals surface area contributed by atoms with Crippen molar-refractivity contribution in [3.05, 3.63) is 40.5 Å². The molecule has 0 aliphatic rings. The van der Waals surface area contributed by atoms with Crippen LogP contribution >= 0.6 is 0 Å². The van der Waals surface area contributed by atoms with Crippen LogP contribution in [0, 0.1) is 10.1 Å². The van der Waals surface area contributed by atoms with E-state index in [-0.39, 0.29) is 16.3 Å². The van der Waals surface area contributed by atoms with Crippen LogP contribution in [0.15, 0.2) is 35.2 Å². The van der Waals surface area contributed by atoms with Gasteiger partial charge in [0.1, 0.15) is 5.69 Å². The predicted octanol–water partition coefficient (Wildman–Crippen LogP) is 0.772. The first-order valence-electron chi connectivity index (χ1n) is 6.10. The van der Waals surface area contributed by atoms with Crippen LogP contribution < -0.4 is 11.1 Å². The molecule has 116 valence electrons. The van der Waals surface area contributed by atoms with Crippen LogP contribution in [0.3, 0.4) is 0 Å². The lowest BCUT2D eigenvalue weighted by atomic mass is 10.2. The highest BCUT2D eigenvalue weighted by Crippen LogP contribution is 2.28. The van der Waals surface area contributed by atoms with E-state index < -0.39 is 14.9 Å². The number of benzene rings is 1. The molecule has 0 radical (unpaired) electrons. The van der Waals surface area contributed by atoms with Crippen molar-refractivity contribution in [2.24, 2.45) is 5.73 Å². The number of hydrogen-bond donors (Lipinski definition) is 2. The van der Waals surface area contributed by atoms with Crippen LogP contribution in [0.4, 0.5) is 11.4 Å². The van der Waals surface area contributed by atoms with Crippen LogP contribution in [0.2, 0.25) is 0 Å². The second-order valence-corrected chi connectivity index (χ2v) is 6.46. The molecule has 0 aromatic heterocycles. The fourth-order valence-corrected chi connectivity index (χ4v) is 2.45. The van der Waals surface area contributed by atoms with Gasteiger partial charge in [0.25, 0.3) is 5.69 Å². The first-order valence-corrected chi connectivity index (χ1v) is 7.54. The van der Waals surface area contributed by atoms with Crippen molar-refractivity contribution in [2.45, 2.75) is 4.90 Å². The molecule has 0 heterocycles. The van der Waals surface area contributed by atoms with Gasteiger partial charge in [0.15, 0.2) is 0 Å². The van der Waals surface area contributed by atoms with Gasteiger partial charge < -0.3 is 11.1 Å². The number of rotatable bonds is 7. The zero-order valence-corrected chi connectivity index (χ0v) is 12.6. The molecular formula is C12H18N4O4S. The number of nitrogens with zero attached hydrogens (tertiary/aromatic N) is 2. The maximum atomic E-state index is 12.0. The van der Waals surface area contributed by atoms with E-state index in [1.165, 1.54) is 26.2 Å². The predicted molar refractivity (Wildman–Crippen MR) is 80.7 cm³/mol. The Morgan fingerprint density at radius 3 is 2.57 bits per heavy atom. The summed E-state index contributed by atoms with van der Waals surface area (Å²) >= 11 is 0. The van der Waals surface area contributed by atoms with E-state index in [1.807, 2.05) is 0 Å². The normalized spacial score (nSPS) is 12.0. The van der Waals surface area contributed by atoms with E-state index in [1.54, 1.807) is 12.2 Å². The number of nitrogens with one attached hydrogen (secondary N) is 1. The summed E-state index contributed by atoms with van der Waals surface area (Å²) < 4.78 is 25.0. The third-order valence-corrected chi connectivity index (χ3v) is 4.47. The molecule has 9 heteroatoms. The highest BCUT2D eigenvalue weighted by molar-refractivity contribution is 7.89. The van der Waals surface area contributed by atoms with Gasteiger partial charge in [0, 0.05) is 33.3 Å². The zero-order valence-electron chi connectivity index (χ0n) is 11.8. The van der Waals surface area contributed by atoms with Crippen molar-refractivity contribution in [1.29, 1.82) is 0 Å². The molecule has 0 fully saturated rings. The Morgan fingerprint density at radius 1 is 1.38 bits per heavy atom. The molecule has 21 heavy (non-hydrogen) atoms. The quantitative estimate of drug-likeness (QED) is 0.436. The minimum Gasteiger partial charge on any atom is -0.376 e. The number of nitro benzene ring substituents is 1. The zero-order chi connectivity index (χ0) is 16.0. The lowest BCUT2D eigenvalue weighted by molar-refractivity contribution is -0.384. The first kappa shape index (κ1) is 17.1. The molecule has 0 atom stereocenters. The minimum absolute atomic E-state index is 0.123. The molecule has 1 rings (SSSR count). The van der Waals surface area contributed by atoms with Gasteiger partial charge in [0.2, 0.25) is 10.0 Å². The Balaban J connectivity index is 3.14. The van der Waals surface area contributed by atoms with Crippen LogP contribution in [0.1, 0.15) is 0 Å². The van der Waals surface area contributed by atoms with Gasteiger partial charge in [-0.1, -0.05) is 12.2 Å². The molecule has 0 bridgehead atoms. The molecule has 0 saturated heterocycles. The lowest BCUT2D eigenvalue weighted by Gasteiger charge is -2.12. The Hall–Kier alpha value is -1.97. The summed E-state index contributed by atoms with van der Waals surface area (Å²) in [5.41, 5.74) is 5.24. The Bertz CT molecular complexity index is 641. The monoisotopic (exact) mass is 314 g/mol. The van der Waals surface area contributed by atoms with Crippen molar-refractivity contribution in [2.75, 3.05) is 32.5 Å². The summed E-state index contributed by atoms with van der Waals surface area (Å²) in [5.74, 6) is 0. The van der Waals surface area contributed by atoms with Gasteiger partial charge in [-0.05, 0) is 12.1 Å². The summed E-state index contributed by atoms with van der Waals surface area (Å²) in [5, 5.41) is 13.9. The molecule has 8 nitrogen and oxygen atoms in total. The van der Waals surface area contributed by atoms with Gasteiger partial charge in [0.05, 0.1) is 9.82 Å². The Labute approximate surface area is 123 Å². The van der Waals surface area contributed by atoms with Crippen molar-refractivity contribution >= 4 is 21.4 Å². The van der Waals surface area contributed by atoms with Gasteiger partial charge in [-0.2, -0.15) is 0 Å². The summed E-state index contributed by atoms with van der Waals surface area (Å²) in [6.07, 6.45) is 3.44. The smallest absolute Gasteiger partial charge is 0.293 e. The van der Waals surface area contributed by atoms with E-state index in [4.69, 9.17) is 5.73 Å². The topological polar surface area (TPSA) is 119 Å². The number of sulfonamides is 1. The van der Waals surface area contributed by atoms with Crippen molar-refractivity contribution in [3.63, 3.8) is 0 Å². The average Bonchev–Trinajstić information content (AvgIpc) is 2.43. The summed E-state index contributed by atoms with van der Waals surface area (Å²) in [6, 6.07) is 3.76. The van der Waals surface area contributed by atoms with Crippen LogP contribution in [0.25, 0.3) is 0 Å². The summed E-state index contributed by atoms with van der Waals surface area (Å²) in [4.78, 5) is 10.3. The fourth-order valence-electron chi connectivity index (χ4n) is 1.53. The molecule has 0 unspecified atom stereocenters. The van der Waals surface area contributed by atoms with E-state index >= 15 is 0 Å². The highest BCUT2D eigenvalue weighted by atomic mass is 32.2. The molecule has 0 spiro atoms. The summed E-state index contributed by atoms with van der Waals surface area (Å²) in [6.45, 7) is 0.738. The maximum Gasteiger partial charge on any atom is 0.293 e. The molecule has 0 aliphatic carbocycles. The van der Waals surface area contributed by atoms with Crippen LogP contribution in [-0.4, -0.2) is 44.8 Å². The molecule has 0 amide bonds. The van der Waals surface area contributed by atoms with Crippen LogP contribution in [0.5, 0.6) is 0 Å². The second-order valence-electron chi connectivity index (χ2n) is 4.31. The summed E-state index contributed by atoms with van der Waals surface area (Å²) in [7, 11) is -0.976. The number of anilines is 1. The second kappa shape index (κ2) is 7.16. The molecular weight excluding hydrogens is 296 g/mol. The van der Waals surface area contributed by atoms with E-state index in [2.05, 4.69) is 5.32 Å². The van der Waals surface area contributed by atoms with E-state index in [9.17, 15) is 18.5 Å². The lowest BCUT2D eigenvalue weighted by Crippen LogP contribution is -2.22. The van der Waals surface area contributed by atoms with Gasteiger partial charge >= 0.3 is 0 Å². The third kappa shape index (κ3) is 4.25. The molecule has 0 saturated carbocycles. The highest BCUT2D eigenvalue weighted by Gasteiger charge is 2.22. The molecule has 0 aliphatic heterocycles. The van der Waals surface area contributed by atoms with Gasteiger partial charge in [-0.25, -0.2) is 12.7 Å². The SMILES string of the molecule is CN(C)S(=O)(=O)c1ccc(NC/C=C/CN)c([N+](=O)[O-])c1. The Morgan fingerprint density at radius 2 is 2.05 bits per heavy atom. The van der Waals surface area contributed by atoms with Gasteiger partial charge in [-0.15, -0.1) is 0 Å². The Kier molecular flexibility index (Phi) is 5.82. The largest absolute Gasteiger partial charge is 0.376 e.